The van der Waals surface area contributed by atoms with Gasteiger partial charge in [-0.25, -0.2) is 0 Å². The normalized spacial score (nSPS) is 29.9. The highest BCUT2D eigenvalue weighted by Crippen LogP contribution is 2.20. The summed E-state index contributed by atoms with van der Waals surface area (Å²) in [6.45, 7) is 8.23. The minimum Gasteiger partial charge on any atom is -0.303 e. The first-order valence-electron chi connectivity index (χ1n) is 5.31. The lowest BCUT2D eigenvalue weighted by Gasteiger charge is -2.34. The van der Waals surface area contributed by atoms with Crippen LogP contribution in [0.15, 0.2) is 0 Å². The molecule has 0 radical (unpaired) electrons. The molecule has 0 aromatic rings. The van der Waals surface area contributed by atoms with E-state index in [0.717, 1.165) is 24.8 Å². The summed E-state index contributed by atoms with van der Waals surface area (Å²) in [5, 5.41) is 8.43. The topological polar surface area (TPSA) is 27.0 Å². The van der Waals surface area contributed by atoms with Crippen molar-refractivity contribution >= 4 is 0 Å². The molecule has 1 aliphatic rings. The maximum absolute atomic E-state index is 8.43. The molecule has 0 aromatic carbocycles. The Morgan fingerprint density at radius 1 is 1.31 bits per heavy atom. The Kier molecular flexibility index (Phi) is 4.24. The van der Waals surface area contributed by atoms with Crippen molar-refractivity contribution in [2.24, 2.45) is 11.8 Å². The Morgan fingerprint density at radius 3 is 2.46 bits per heavy atom. The predicted molar refractivity (Wildman–Crippen MR) is 54.2 cm³/mol. The smallest absolute Gasteiger partial charge is 0.0622 e. The van der Waals surface area contributed by atoms with Crippen LogP contribution in [0.25, 0.3) is 0 Å². The van der Waals surface area contributed by atoms with Crippen molar-refractivity contribution in [3.8, 4) is 6.07 Å². The van der Waals surface area contributed by atoms with E-state index in [0.29, 0.717) is 6.42 Å². The number of hydrogen-bond acceptors (Lipinski definition) is 2. The summed E-state index contributed by atoms with van der Waals surface area (Å²) < 4.78 is 0. The molecule has 2 heteroatoms. The van der Waals surface area contributed by atoms with Crippen molar-refractivity contribution in [3.05, 3.63) is 0 Å². The number of hydrogen-bond donors (Lipinski definition) is 0. The number of rotatable bonds is 3. The Labute approximate surface area is 81.5 Å². The zero-order valence-corrected chi connectivity index (χ0v) is 8.79. The summed E-state index contributed by atoms with van der Waals surface area (Å²) in [5.74, 6) is 1.68. The van der Waals surface area contributed by atoms with Gasteiger partial charge in [0.05, 0.1) is 6.07 Å². The molecule has 1 aliphatic heterocycles. The molecule has 2 atom stereocenters. The van der Waals surface area contributed by atoms with E-state index < -0.39 is 0 Å². The second-order valence-corrected chi connectivity index (χ2v) is 4.47. The third-order valence-electron chi connectivity index (χ3n) is 2.71. The van der Waals surface area contributed by atoms with E-state index in [4.69, 9.17) is 5.26 Å². The molecule has 74 valence electrons. The van der Waals surface area contributed by atoms with Crippen LogP contribution in [0.4, 0.5) is 0 Å². The van der Waals surface area contributed by atoms with Gasteiger partial charge in [0.1, 0.15) is 0 Å². The van der Waals surface area contributed by atoms with Crippen molar-refractivity contribution < 1.29 is 0 Å². The van der Waals surface area contributed by atoms with Gasteiger partial charge in [0.15, 0.2) is 0 Å². The molecule has 1 fully saturated rings. The first-order chi connectivity index (χ1) is 6.22. The zero-order valence-electron chi connectivity index (χ0n) is 8.79. The Hall–Kier alpha value is -0.550. The summed E-state index contributed by atoms with van der Waals surface area (Å²) in [6, 6.07) is 2.20. The summed E-state index contributed by atoms with van der Waals surface area (Å²) in [5.41, 5.74) is 0. The fourth-order valence-corrected chi connectivity index (χ4v) is 2.36. The van der Waals surface area contributed by atoms with E-state index in [1.807, 2.05) is 0 Å². The van der Waals surface area contributed by atoms with Gasteiger partial charge in [-0.1, -0.05) is 13.8 Å². The van der Waals surface area contributed by atoms with Crippen LogP contribution in [0.3, 0.4) is 0 Å². The van der Waals surface area contributed by atoms with E-state index in [1.54, 1.807) is 0 Å². The number of nitriles is 1. The van der Waals surface area contributed by atoms with Gasteiger partial charge in [0.2, 0.25) is 0 Å². The predicted octanol–water partition coefficient (Wildman–Crippen LogP) is 2.27. The van der Waals surface area contributed by atoms with Crippen LogP contribution in [-0.4, -0.2) is 24.5 Å². The average Bonchev–Trinajstić information content (AvgIpc) is 2.03. The molecule has 2 nitrogen and oxygen atoms in total. The van der Waals surface area contributed by atoms with Gasteiger partial charge >= 0.3 is 0 Å². The summed E-state index contributed by atoms with van der Waals surface area (Å²) in [6.07, 6.45) is 3.12. The van der Waals surface area contributed by atoms with Crippen LogP contribution >= 0.6 is 0 Å². The molecular weight excluding hydrogens is 160 g/mol. The van der Waals surface area contributed by atoms with E-state index in [1.165, 1.54) is 19.5 Å². The van der Waals surface area contributed by atoms with Gasteiger partial charge in [-0.2, -0.15) is 5.26 Å². The first kappa shape index (κ1) is 10.5. The van der Waals surface area contributed by atoms with Gasteiger partial charge in [0.25, 0.3) is 0 Å². The second-order valence-electron chi connectivity index (χ2n) is 4.47. The quantitative estimate of drug-likeness (QED) is 0.623. The minimum atomic E-state index is 0.708. The number of nitrogens with zero attached hydrogens (tertiary/aromatic N) is 2. The Bertz CT molecular complexity index is 173. The molecule has 1 saturated heterocycles. The van der Waals surface area contributed by atoms with Gasteiger partial charge in [0, 0.05) is 19.5 Å². The molecule has 0 N–H and O–H groups in total. The van der Waals surface area contributed by atoms with E-state index in [2.05, 4.69) is 24.8 Å². The SMILES string of the molecule is CC1CC(C)CN(CCCC#N)C1. The second kappa shape index (κ2) is 5.24. The molecule has 0 aliphatic carbocycles. The average molecular weight is 180 g/mol. The lowest BCUT2D eigenvalue weighted by atomic mass is 9.92. The summed E-state index contributed by atoms with van der Waals surface area (Å²) in [4.78, 5) is 2.51. The van der Waals surface area contributed by atoms with Crippen molar-refractivity contribution in [2.45, 2.75) is 33.1 Å². The molecule has 1 rings (SSSR count). The Morgan fingerprint density at radius 2 is 1.92 bits per heavy atom. The maximum atomic E-state index is 8.43. The maximum Gasteiger partial charge on any atom is 0.0622 e. The lowest BCUT2D eigenvalue weighted by Crippen LogP contribution is -2.39. The third-order valence-corrected chi connectivity index (χ3v) is 2.71. The molecule has 0 amide bonds. The van der Waals surface area contributed by atoms with E-state index in [-0.39, 0.29) is 0 Å². The van der Waals surface area contributed by atoms with Crippen LogP contribution in [0.2, 0.25) is 0 Å². The summed E-state index contributed by atoms with van der Waals surface area (Å²) in [7, 11) is 0. The van der Waals surface area contributed by atoms with Crippen molar-refractivity contribution in [1.29, 1.82) is 5.26 Å². The Balaban J connectivity index is 2.22. The lowest BCUT2D eigenvalue weighted by molar-refractivity contribution is 0.140. The van der Waals surface area contributed by atoms with Gasteiger partial charge < -0.3 is 4.90 Å². The highest BCUT2D eigenvalue weighted by Gasteiger charge is 2.20. The molecule has 0 spiro atoms. The number of unbranched alkanes of at least 4 members (excludes halogenated alkanes) is 1. The highest BCUT2D eigenvalue weighted by atomic mass is 15.1. The van der Waals surface area contributed by atoms with Gasteiger partial charge in [-0.15, -0.1) is 0 Å². The van der Waals surface area contributed by atoms with Crippen molar-refractivity contribution in [2.75, 3.05) is 19.6 Å². The molecule has 1 heterocycles. The zero-order chi connectivity index (χ0) is 9.68. The highest BCUT2D eigenvalue weighted by molar-refractivity contribution is 4.76. The molecule has 0 aromatic heterocycles. The molecule has 0 saturated carbocycles. The third kappa shape index (κ3) is 3.78. The van der Waals surface area contributed by atoms with Crippen molar-refractivity contribution in [3.63, 3.8) is 0 Å². The van der Waals surface area contributed by atoms with Gasteiger partial charge in [-0.3, -0.25) is 0 Å². The monoisotopic (exact) mass is 180 g/mol. The number of piperidine rings is 1. The van der Waals surface area contributed by atoms with Crippen LogP contribution in [0, 0.1) is 23.2 Å². The van der Waals surface area contributed by atoms with Crippen LogP contribution in [-0.2, 0) is 0 Å². The van der Waals surface area contributed by atoms with E-state index in [9.17, 15) is 0 Å². The number of likely N-dealkylation sites (tertiary alicyclic amines) is 1. The molecule has 13 heavy (non-hydrogen) atoms. The molecule has 2 unspecified atom stereocenters. The first-order valence-corrected chi connectivity index (χ1v) is 5.31. The van der Waals surface area contributed by atoms with Crippen LogP contribution in [0.1, 0.15) is 33.1 Å². The van der Waals surface area contributed by atoms with E-state index >= 15 is 0 Å². The molecular formula is C11H20N2. The summed E-state index contributed by atoms with van der Waals surface area (Å²) >= 11 is 0. The minimum absolute atomic E-state index is 0.708. The molecule has 0 bridgehead atoms. The fraction of sp³-hybridized carbons (Fsp3) is 0.909. The van der Waals surface area contributed by atoms with Crippen molar-refractivity contribution in [1.82, 2.24) is 4.90 Å². The largest absolute Gasteiger partial charge is 0.303 e. The van der Waals surface area contributed by atoms with Gasteiger partial charge in [-0.05, 0) is 31.2 Å². The standard InChI is InChI=1S/C11H20N2/c1-10-7-11(2)9-13(8-10)6-4-3-5-12/h10-11H,3-4,6-9H2,1-2H3. The fourth-order valence-electron chi connectivity index (χ4n) is 2.36. The van der Waals surface area contributed by atoms with Crippen LogP contribution in [0.5, 0.6) is 0 Å². The van der Waals surface area contributed by atoms with Crippen LogP contribution < -0.4 is 0 Å².